The standard InChI is InChI=1S/C16H32O2Si/c1-15(2,3)12-9-13(17)11-14(10-12)18-19(7,8)16(4,5)6/h12,14H,9-11H2,1-8H3/t12-,14+/m1/s1. The van der Waals surface area contributed by atoms with Gasteiger partial charge in [-0.15, -0.1) is 0 Å². The number of ketones is 1. The summed E-state index contributed by atoms with van der Waals surface area (Å²) in [6.45, 7) is 18.0. The van der Waals surface area contributed by atoms with Crippen LogP contribution in [0.25, 0.3) is 0 Å². The summed E-state index contributed by atoms with van der Waals surface area (Å²) in [5.41, 5.74) is 0.200. The van der Waals surface area contributed by atoms with Crippen LogP contribution >= 0.6 is 0 Å². The van der Waals surface area contributed by atoms with E-state index in [1.165, 1.54) is 0 Å². The molecule has 1 rings (SSSR count). The van der Waals surface area contributed by atoms with E-state index in [0.29, 0.717) is 18.1 Å². The largest absolute Gasteiger partial charge is 0.413 e. The van der Waals surface area contributed by atoms with Gasteiger partial charge in [0.1, 0.15) is 5.78 Å². The van der Waals surface area contributed by atoms with Crippen molar-refractivity contribution >= 4 is 14.1 Å². The van der Waals surface area contributed by atoms with E-state index in [4.69, 9.17) is 4.43 Å². The minimum atomic E-state index is -1.76. The number of carbonyl (C=O) groups excluding carboxylic acids is 1. The third-order valence-corrected chi connectivity index (χ3v) is 9.50. The zero-order chi connectivity index (χ0) is 15.1. The summed E-state index contributed by atoms with van der Waals surface area (Å²) in [7, 11) is -1.76. The summed E-state index contributed by atoms with van der Waals surface area (Å²) in [6, 6.07) is 0. The molecule has 1 fully saturated rings. The normalized spacial score (nSPS) is 26.6. The van der Waals surface area contributed by atoms with Crippen LogP contribution in [-0.4, -0.2) is 20.2 Å². The maximum absolute atomic E-state index is 12.0. The number of rotatable bonds is 2. The van der Waals surface area contributed by atoms with Gasteiger partial charge in [0, 0.05) is 12.8 Å². The van der Waals surface area contributed by atoms with Crippen molar-refractivity contribution in [3.05, 3.63) is 0 Å². The lowest BCUT2D eigenvalue weighted by atomic mass is 9.71. The van der Waals surface area contributed by atoms with Crippen molar-refractivity contribution in [2.75, 3.05) is 0 Å². The fourth-order valence-corrected chi connectivity index (χ4v) is 3.81. The molecule has 0 aromatic carbocycles. The molecule has 3 heteroatoms. The minimum absolute atomic E-state index is 0.145. The third kappa shape index (κ3) is 4.42. The summed E-state index contributed by atoms with van der Waals surface area (Å²) >= 11 is 0. The average Bonchev–Trinajstić information content (AvgIpc) is 2.12. The van der Waals surface area contributed by atoms with Crippen LogP contribution in [0.5, 0.6) is 0 Å². The summed E-state index contributed by atoms with van der Waals surface area (Å²) < 4.78 is 6.46. The Balaban J connectivity index is 2.77. The van der Waals surface area contributed by atoms with Crippen LogP contribution in [0.4, 0.5) is 0 Å². The summed E-state index contributed by atoms with van der Waals surface area (Å²) in [5, 5.41) is 0.213. The van der Waals surface area contributed by atoms with Crippen LogP contribution in [-0.2, 0) is 9.22 Å². The van der Waals surface area contributed by atoms with E-state index >= 15 is 0 Å². The topological polar surface area (TPSA) is 26.3 Å². The number of carbonyl (C=O) groups is 1. The molecule has 1 aliphatic rings. The monoisotopic (exact) mass is 284 g/mol. The van der Waals surface area contributed by atoms with Gasteiger partial charge in [-0.1, -0.05) is 41.5 Å². The van der Waals surface area contributed by atoms with Crippen LogP contribution in [0.15, 0.2) is 0 Å². The van der Waals surface area contributed by atoms with Crippen molar-refractivity contribution in [1.29, 1.82) is 0 Å². The predicted molar refractivity (Wildman–Crippen MR) is 83.9 cm³/mol. The molecule has 2 atom stereocenters. The first-order valence-electron chi connectivity index (χ1n) is 7.52. The second kappa shape index (κ2) is 5.32. The second-order valence-corrected chi connectivity index (χ2v) is 13.5. The van der Waals surface area contributed by atoms with E-state index in [2.05, 4.69) is 54.6 Å². The molecule has 0 aromatic rings. The molecular formula is C16H32O2Si. The lowest BCUT2D eigenvalue weighted by Gasteiger charge is -2.43. The number of hydrogen-bond donors (Lipinski definition) is 0. The Morgan fingerprint density at radius 1 is 1.05 bits per heavy atom. The molecule has 0 heterocycles. The fourth-order valence-electron chi connectivity index (χ4n) is 2.44. The van der Waals surface area contributed by atoms with E-state index in [1.807, 2.05) is 0 Å². The number of hydrogen-bond acceptors (Lipinski definition) is 2. The highest BCUT2D eigenvalue weighted by molar-refractivity contribution is 6.74. The molecule has 0 bridgehead atoms. The molecule has 1 saturated carbocycles. The number of Topliss-reactive ketones (excluding diaryl/α,β-unsaturated/α-hetero) is 1. The van der Waals surface area contributed by atoms with Crippen LogP contribution in [0, 0.1) is 11.3 Å². The summed E-state index contributed by atoms with van der Waals surface area (Å²) in [4.78, 5) is 12.0. The molecule has 0 amide bonds. The van der Waals surface area contributed by atoms with Crippen molar-refractivity contribution < 1.29 is 9.22 Å². The van der Waals surface area contributed by atoms with Gasteiger partial charge in [-0.2, -0.15) is 0 Å². The van der Waals surface area contributed by atoms with E-state index in [1.54, 1.807) is 0 Å². The zero-order valence-electron chi connectivity index (χ0n) is 14.1. The van der Waals surface area contributed by atoms with Gasteiger partial charge in [-0.25, -0.2) is 0 Å². The molecule has 0 aliphatic heterocycles. The van der Waals surface area contributed by atoms with E-state index < -0.39 is 8.32 Å². The third-order valence-electron chi connectivity index (χ3n) is 4.97. The first-order chi connectivity index (χ1) is 8.33. The first-order valence-corrected chi connectivity index (χ1v) is 10.4. The molecular weight excluding hydrogens is 252 g/mol. The van der Waals surface area contributed by atoms with Gasteiger partial charge in [-0.05, 0) is 35.9 Å². The van der Waals surface area contributed by atoms with E-state index in [0.717, 1.165) is 12.8 Å². The predicted octanol–water partition coefficient (Wildman–Crippen LogP) is 4.79. The Morgan fingerprint density at radius 2 is 1.58 bits per heavy atom. The van der Waals surface area contributed by atoms with Gasteiger partial charge in [0.05, 0.1) is 6.10 Å². The van der Waals surface area contributed by atoms with Crippen molar-refractivity contribution in [2.45, 2.75) is 85.0 Å². The van der Waals surface area contributed by atoms with Gasteiger partial charge in [-0.3, -0.25) is 4.79 Å². The van der Waals surface area contributed by atoms with Crippen LogP contribution < -0.4 is 0 Å². The quantitative estimate of drug-likeness (QED) is 0.681. The van der Waals surface area contributed by atoms with Crippen molar-refractivity contribution in [3.8, 4) is 0 Å². The first kappa shape index (κ1) is 16.9. The van der Waals surface area contributed by atoms with E-state index in [9.17, 15) is 4.79 Å². The van der Waals surface area contributed by atoms with Gasteiger partial charge in [0.2, 0.25) is 0 Å². The van der Waals surface area contributed by atoms with Crippen molar-refractivity contribution in [2.24, 2.45) is 11.3 Å². The van der Waals surface area contributed by atoms with Gasteiger partial charge in [0.25, 0.3) is 0 Å². The molecule has 0 radical (unpaired) electrons. The molecule has 1 aliphatic carbocycles. The SMILES string of the molecule is CC(C)(C)[C@@H]1CC(=O)C[C@@H](O[Si](C)(C)C(C)(C)C)C1. The molecule has 0 unspecified atom stereocenters. The average molecular weight is 285 g/mol. The van der Waals surface area contributed by atoms with Crippen molar-refractivity contribution in [3.63, 3.8) is 0 Å². The van der Waals surface area contributed by atoms with E-state index in [-0.39, 0.29) is 16.6 Å². The minimum Gasteiger partial charge on any atom is -0.413 e. The highest BCUT2D eigenvalue weighted by Crippen LogP contribution is 2.42. The van der Waals surface area contributed by atoms with Gasteiger partial charge in [0.15, 0.2) is 8.32 Å². The second-order valence-electron chi connectivity index (χ2n) is 8.75. The molecule has 112 valence electrons. The van der Waals surface area contributed by atoms with Gasteiger partial charge >= 0.3 is 0 Å². The molecule has 0 spiro atoms. The Kier molecular flexibility index (Phi) is 4.73. The summed E-state index contributed by atoms with van der Waals surface area (Å²) in [6.07, 6.45) is 2.55. The lowest BCUT2D eigenvalue weighted by molar-refractivity contribution is -0.126. The maximum atomic E-state index is 12.0. The summed E-state index contributed by atoms with van der Waals surface area (Å²) in [5.74, 6) is 0.846. The van der Waals surface area contributed by atoms with Crippen molar-refractivity contribution in [1.82, 2.24) is 0 Å². The zero-order valence-corrected chi connectivity index (χ0v) is 15.1. The van der Waals surface area contributed by atoms with Crippen LogP contribution in [0.1, 0.15) is 60.8 Å². The molecule has 0 N–H and O–H groups in total. The van der Waals surface area contributed by atoms with Crippen LogP contribution in [0.2, 0.25) is 18.1 Å². The molecule has 19 heavy (non-hydrogen) atoms. The highest BCUT2D eigenvalue weighted by Gasteiger charge is 2.42. The van der Waals surface area contributed by atoms with Gasteiger partial charge < -0.3 is 4.43 Å². The smallest absolute Gasteiger partial charge is 0.192 e. The lowest BCUT2D eigenvalue weighted by Crippen LogP contribution is -2.46. The van der Waals surface area contributed by atoms with Crippen LogP contribution in [0.3, 0.4) is 0 Å². The molecule has 2 nitrogen and oxygen atoms in total. The maximum Gasteiger partial charge on any atom is 0.192 e. The molecule has 0 saturated heterocycles. The Bertz CT molecular complexity index is 334. The fraction of sp³-hybridized carbons (Fsp3) is 0.938. The Hall–Kier alpha value is -0.153. The highest BCUT2D eigenvalue weighted by atomic mass is 28.4. The Labute approximate surface area is 120 Å². The Morgan fingerprint density at radius 3 is 2.00 bits per heavy atom. The molecule has 0 aromatic heterocycles.